The fourth-order valence-corrected chi connectivity index (χ4v) is 17.2. The summed E-state index contributed by atoms with van der Waals surface area (Å²) in [7, 11) is -16.1. The second kappa shape index (κ2) is 43.1. The van der Waals surface area contributed by atoms with Crippen LogP contribution in [0.3, 0.4) is 0 Å². The zero-order chi connectivity index (χ0) is 32.2. The van der Waals surface area contributed by atoms with E-state index < -0.39 is 49.5 Å². The van der Waals surface area contributed by atoms with Crippen LogP contribution in [0.4, 0.5) is 0 Å². The fourth-order valence-electron chi connectivity index (χ4n) is 3.19. The van der Waals surface area contributed by atoms with Crippen LogP contribution in [0, 0.1) is 13.8 Å². The van der Waals surface area contributed by atoms with Crippen LogP contribution in [-0.4, -0.2) is 117 Å². The van der Waals surface area contributed by atoms with Gasteiger partial charge in [0.05, 0.1) is 28.3 Å². The number of hydrogen-bond donors (Lipinski definition) is 0. The van der Waals surface area contributed by atoms with Crippen molar-refractivity contribution in [3.8, 4) is 0 Å². The molecule has 0 rings (SSSR count). The molecular weight excluding hydrogens is 809 g/mol. The standard InChI is InChI=1S/C20H42O6S6Si.4Na.2O3S/c1-3-7-27-11-17-33(18-12-28-8-4-2,19-13-29-9-5-15-31(21,22)23)20-14-30-10-6-16-32(24,25)26;;;;;2*1-4(2)3/h1-20H2,(H,21,22,23)(H,24,25,26);;;;;;/q-2;4*+1;;/p-2. The Morgan fingerprint density at radius 3 is 0.911 bits per heavy atom. The summed E-state index contributed by atoms with van der Waals surface area (Å²) in [5.74, 6) is 7.19. The minimum Gasteiger partial charge on any atom is -0.748 e. The molecule has 0 saturated carbocycles. The fraction of sp³-hybridized carbons (Fsp3) is 0.900. The molecule has 0 spiro atoms. The van der Waals surface area contributed by atoms with E-state index in [0.717, 1.165) is 47.4 Å². The third-order valence-corrected chi connectivity index (χ3v) is 17.6. The average Bonchev–Trinajstić information content (AvgIpc) is 2.82. The first-order valence-electron chi connectivity index (χ1n) is 12.3. The third-order valence-electron chi connectivity index (χ3n) is 5.05. The first kappa shape index (κ1) is 64.6. The Balaban J connectivity index is -0.000000214. The zero-order valence-corrected chi connectivity index (χ0v) is 42.3. The maximum atomic E-state index is 10.8. The van der Waals surface area contributed by atoms with E-state index in [4.69, 9.17) is 25.3 Å². The molecule has 0 amide bonds. The van der Waals surface area contributed by atoms with Gasteiger partial charge in [0.2, 0.25) is 0 Å². The zero-order valence-electron chi connectivity index (χ0n) is 26.8. The first-order valence-corrected chi connectivity index (χ1v) is 24.9. The number of rotatable bonds is 24. The molecule has 0 heterocycles. The van der Waals surface area contributed by atoms with Crippen LogP contribution < -0.4 is 118 Å². The van der Waals surface area contributed by atoms with Crippen molar-refractivity contribution >= 4 is 96.6 Å². The molecule has 45 heavy (non-hydrogen) atoms. The molecule has 248 valence electrons. The van der Waals surface area contributed by atoms with E-state index in [2.05, 4.69) is 13.8 Å². The normalized spacial score (nSPS) is 10.6. The molecule has 0 aliphatic carbocycles. The summed E-state index contributed by atoms with van der Waals surface area (Å²) >= 11 is 7.42. The molecule has 0 aromatic carbocycles. The van der Waals surface area contributed by atoms with Crippen molar-refractivity contribution in [2.45, 2.75) is 49.9 Å². The van der Waals surface area contributed by atoms with Gasteiger partial charge < -0.3 is 23.0 Å². The van der Waals surface area contributed by atoms with Gasteiger partial charge in [-0.05, 0) is 83.0 Å². The second-order valence-corrected chi connectivity index (χ2v) is 22.1. The van der Waals surface area contributed by atoms with E-state index in [-0.39, 0.29) is 130 Å². The smallest absolute Gasteiger partial charge is 0.748 e. The molecule has 25 heteroatoms. The minimum absolute atomic E-state index is 0. The predicted octanol–water partition coefficient (Wildman–Crippen LogP) is -9.31. The van der Waals surface area contributed by atoms with Crippen LogP contribution in [0.15, 0.2) is 0 Å². The Morgan fingerprint density at radius 1 is 0.489 bits per heavy atom. The third kappa shape index (κ3) is 64.1. The molecule has 12 nitrogen and oxygen atoms in total. The van der Waals surface area contributed by atoms with E-state index in [0.29, 0.717) is 24.3 Å². The molecule has 0 aliphatic rings. The van der Waals surface area contributed by atoms with Gasteiger partial charge >= 0.3 is 139 Å². The Hall–Kier alpha value is 4.68. The van der Waals surface area contributed by atoms with E-state index >= 15 is 0 Å². The van der Waals surface area contributed by atoms with Crippen LogP contribution >= 0.6 is 47.0 Å². The summed E-state index contributed by atoms with van der Waals surface area (Å²) in [5, 5.41) is 0. The maximum absolute atomic E-state index is 10.8. The Labute approximate surface area is 380 Å². The van der Waals surface area contributed by atoms with Gasteiger partial charge in [0.1, 0.15) is 0 Å². The quantitative estimate of drug-likeness (QED) is 0.0382. The summed E-state index contributed by atoms with van der Waals surface area (Å²) in [5.41, 5.74) is 0. The van der Waals surface area contributed by atoms with Crippen molar-refractivity contribution in [2.75, 3.05) is 57.5 Å². The van der Waals surface area contributed by atoms with E-state index in [1.54, 1.807) is 23.5 Å². The van der Waals surface area contributed by atoms with Gasteiger partial charge in [0.25, 0.3) is 0 Å². The van der Waals surface area contributed by atoms with Crippen molar-refractivity contribution in [1.29, 1.82) is 0 Å². The van der Waals surface area contributed by atoms with Gasteiger partial charge in [-0.2, -0.15) is 59.9 Å². The van der Waals surface area contributed by atoms with Crippen molar-refractivity contribution in [3.63, 3.8) is 0 Å². The van der Waals surface area contributed by atoms with Crippen LogP contribution in [0.2, 0.25) is 24.2 Å². The number of thioether (sulfide) groups is 4. The molecule has 0 saturated heterocycles. The molecule has 0 fully saturated rings. The largest absolute Gasteiger partial charge is 1.00 e. The van der Waals surface area contributed by atoms with Crippen LogP contribution in [-0.2, 0) is 41.5 Å². The molecule has 0 aliphatic heterocycles. The molecule has 0 N–H and O–H groups in total. The predicted molar refractivity (Wildman–Crippen MR) is 172 cm³/mol. The topological polar surface area (TPSA) is 217 Å². The molecule has 0 radical (unpaired) electrons. The van der Waals surface area contributed by atoms with Crippen LogP contribution in [0.1, 0.15) is 25.7 Å². The summed E-state index contributed by atoms with van der Waals surface area (Å²) in [4.78, 5) is 0. The van der Waals surface area contributed by atoms with Gasteiger partial charge in [-0.1, -0.05) is 0 Å². The SMILES string of the molecule is O=S(=O)=O.O=S(=O)=O.[CH2-]CCSCC[Si](CCSCC[CH2-])(CCSCCCS(=O)(=O)[O-])CCSCCCS(=O)(=O)[O-].[Na+].[Na+].[Na+].[Na+]. The van der Waals surface area contributed by atoms with Crippen LogP contribution in [0.5, 0.6) is 0 Å². The van der Waals surface area contributed by atoms with Crippen molar-refractivity contribution < 1.29 is 169 Å². The van der Waals surface area contributed by atoms with Crippen molar-refractivity contribution in [3.05, 3.63) is 13.8 Å². The van der Waals surface area contributed by atoms with Crippen molar-refractivity contribution in [1.82, 2.24) is 0 Å². The Kier molecular flexibility index (Phi) is 61.9. The maximum Gasteiger partial charge on any atom is 1.00 e. The van der Waals surface area contributed by atoms with Gasteiger partial charge in [0, 0.05) is 11.5 Å². The van der Waals surface area contributed by atoms with Crippen LogP contribution in [0.25, 0.3) is 0 Å². The van der Waals surface area contributed by atoms with Gasteiger partial charge in [-0.15, -0.1) is 25.3 Å². The van der Waals surface area contributed by atoms with Gasteiger partial charge in [-0.3, -0.25) is 0 Å². The summed E-state index contributed by atoms with van der Waals surface area (Å²) in [6, 6.07) is 4.83. The monoisotopic (exact) mass is 848 g/mol. The van der Waals surface area contributed by atoms with Gasteiger partial charge in [-0.25, -0.2) is 16.8 Å². The van der Waals surface area contributed by atoms with Crippen molar-refractivity contribution in [2.24, 2.45) is 0 Å². The summed E-state index contributed by atoms with van der Waals surface area (Å²) in [6.45, 7) is 7.85. The molecule has 0 unspecified atom stereocenters. The first-order chi connectivity index (χ1) is 19.0. The molecule has 0 bridgehead atoms. The average molecular weight is 849 g/mol. The Bertz CT molecular complexity index is 985. The molecule has 0 aromatic heterocycles. The van der Waals surface area contributed by atoms with Gasteiger partial charge in [0.15, 0.2) is 0 Å². The second-order valence-electron chi connectivity index (χ2n) is 8.30. The number of hydrogen-bond acceptors (Lipinski definition) is 16. The van der Waals surface area contributed by atoms with E-state index in [1.807, 2.05) is 23.5 Å². The molecule has 0 aromatic rings. The minimum atomic E-state index is -4.13. The molecular formula is C20H40Na4O12S8Si. The van der Waals surface area contributed by atoms with E-state index in [1.165, 1.54) is 24.2 Å². The Morgan fingerprint density at radius 2 is 0.711 bits per heavy atom. The summed E-state index contributed by atoms with van der Waals surface area (Å²) in [6.07, 6.45) is 2.66. The summed E-state index contributed by atoms with van der Waals surface area (Å²) < 4.78 is 115. The molecule has 0 atom stereocenters. The van der Waals surface area contributed by atoms with E-state index in [9.17, 15) is 25.9 Å².